The van der Waals surface area contributed by atoms with Crippen LogP contribution in [-0.2, 0) is 0 Å². The van der Waals surface area contributed by atoms with E-state index in [0.29, 0.717) is 12.1 Å². The van der Waals surface area contributed by atoms with Gasteiger partial charge in [-0.1, -0.05) is 6.92 Å². The molecule has 0 aliphatic carbocycles. The topological polar surface area (TPSA) is 70.4 Å². The summed E-state index contributed by atoms with van der Waals surface area (Å²) in [5.41, 5.74) is 0.555. The fourth-order valence-corrected chi connectivity index (χ4v) is 0.973. The lowest BCUT2D eigenvalue weighted by Crippen LogP contribution is -2.03. The Bertz CT molecular complexity index is 311. The van der Waals surface area contributed by atoms with Crippen molar-refractivity contribution in [2.75, 3.05) is 0 Å². The van der Waals surface area contributed by atoms with Crippen molar-refractivity contribution in [2.24, 2.45) is 0 Å². The first-order chi connectivity index (χ1) is 6.15. The first kappa shape index (κ1) is 9.67. The second kappa shape index (κ2) is 4.00. The third-order valence-electron chi connectivity index (χ3n) is 1.76. The van der Waals surface area contributed by atoms with Crippen molar-refractivity contribution in [1.29, 1.82) is 0 Å². The zero-order valence-electron chi connectivity index (χ0n) is 7.27. The Balaban J connectivity index is 2.98. The minimum absolute atomic E-state index is 0.150. The van der Waals surface area contributed by atoms with E-state index in [0.717, 1.165) is 0 Å². The summed E-state index contributed by atoms with van der Waals surface area (Å²) in [6.07, 6.45) is 1.23. The van der Waals surface area contributed by atoms with Crippen molar-refractivity contribution in [3.63, 3.8) is 0 Å². The normalized spacial score (nSPS) is 12.5. The Morgan fingerprint density at radius 2 is 2.38 bits per heavy atom. The van der Waals surface area contributed by atoms with Crippen LogP contribution in [0.2, 0.25) is 0 Å². The van der Waals surface area contributed by atoms with Gasteiger partial charge in [-0.15, -0.1) is 0 Å². The summed E-state index contributed by atoms with van der Waals surface area (Å²) in [5, 5.41) is 18.0. The SMILES string of the molecule is CCC(O)c1cc(C(=O)O)ccn1. The van der Waals surface area contributed by atoms with Crippen molar-refractivity contribution < 1.29 is 15.0 Å². The van der Waals surface area contributed by atoms with Crippen molar-refractivity contribution in [3.8, 4) is 0 Å². The highest BCUT2D eigenvalue weighted by atomic mass is 16.4. The van der Waals surface area contributed by atoms with E-state index in [4.69, 9.17) is 5.11 Å². The smallest absolute Gasteiger partial charge is 0.335 e. The molecule has 0 aromatic carbocycles. The molecule has 0 spiro atoms. The molecule has 1 unspecified atom stereocenters. The number of aromatic nitrogens is 1. The number of hydrogen-bond acceptors (Lipinski definition) is 3. The maximum absolute atomic E-state index is 10.6. The first-order valence-corrected chi connectivity index (χ1v) is 4.02. The average Bonchev–Trinajstić information content (AvgIpc) is 2.17. The maximum atomic E-state index is 10.6. The van der Waals surface area contributed by atoms with Crippen LogP contribution in [0.5, 0.6) is 0 Å². The standard InChI is InChI=1S/C9H11NO3/c1-2-8(11)7-5-6(9(12)13)3-4-10-7/h3-5,8,11H,2H2,1H3,(H,12,13). The van der Waals surface area contributed by atoms with Crippen LogP contribution in [0.4, 0.5) is 0 Å². The third-order valence-corrected chi connectivity index (χ3v) is 1.76. The molecule has 0 bridgehead atoms. The second-order valence-corrected chi connectivity index (χ2v) is 2.70. The minimum atomic E-state index is -1.01. The van der Waals surface area contributed by atoms with Gasteiger partial charge in [-0.3, -0.25) is 4.98 Å². The Labute approximate surface area is 75.9 Å². The van der Waals surface area contributed by atoms with Gasteiger partial charge in [-0.25, -0.2) is 4.79 Å². The zero-order valence-corrected chi connectivity index (χ0v) is 7.27. The maximum Gasteiger partial charge on any atom is 0.335 e. The molecule has 70 valence electrons. The fourth-order valence-electron chi connectivity index (χ4n) is 0.973. The molecule has 0 aliphatic rings. The fraction of sp³-hybridized carbons (Fsp3) is 0.333. The molecule has 0 fully saturated rings. The van der Waals surface area contributed by atoms with E-state index in [2.05, 4.69) is 4.98 Å². The van der Waals surface area contributed by atoms with Crippen LogP contribution in [0.15, 0.2) is 18.3 Å². The number of aliphatic hydroxyl groups is 1. The molecular weight excluding hydrogens is 170 g/mol. The number of rotatable bonds is 3. The Morgan fingerprint density at radius 3 is 2.92 bits per heavy atom. The van der Waals surface area contributed by atoms with Crippen LogP contribution in [0, 0.1) is 0 Å². The summed E-state index contributed by atoms with van der Waals surface area (Å²) in [4.78, 5) is 14.4. The van der Waals surface area contributed by atoms with Crippen molar-refractivity contribution in [1.82, 2.24) is 4.98 Å². The molecule has 4 heteroatoms. The largest absolute Gasteiger partial charge is 0.478 e. The van der Waals surface area contributed by atoms with Crippen molar-refractivity contribution in [3.05, 3.63) is 29.6 Å². The molecular formula is C9H11NO3. The third kappa shape index (κ3) is 2.26. The predicted octanol–water partition coefficient (Wildman–Crippen LogP) is 1.22. The number of hydrogen-bond donors (Lipinski definition) is 2. The van der Waals surface area contributed by atoms with Gasteiger partial charge in [0.25, 0.3) is 0 Å². The molecule has 0 saturated carbocycles. The number of carbonyl (C=O) groups is 1. The number of aromatic carboxylic acids is 1. The molecule has 1 heterocycles. The zero-order chi connectivity index (χ0) is 9.84. The highest BCUT2D eigenvalue weighted by Gasteiger charge is 2.09. The van der Waals surface area contributed by atoms with Crippen molar-refractivity contribution in [2.45, 2.75) is 19.4 Å². The van der Waals surface area contributed by atoms with Gasteiger partial charge in [-0.2, -0.15) is 0 Å². The summed E-state index contributed by atoms with van der Waals surface area (Å²) in [6, 6.07) is 2.78. The van der Waals surface area contributed by atoms with Crippen LogP contribution in [-0.4, -0.2) is 21.2 Å². The number of pyridine rings is 1. The Morgan fingerprint density at radius 1 is 1.69 bits per heavy atom. The van der Waals surface area contributed by atoms with Gasteiger partial charge in [0.05, 0.1) is 17.4 Å². The van der Waals surface area contributed by atoms with Gasteiger partial charge in [-0.05, 0) is 18.6 Å². The average molecular weight is 181 g/mol. The molecule has 1 atom stereocenters. The molecule has 4 nitrogen and oxygen atoms in total. The molecule has 1 rings (SSSR count). The van der Waals surface area contributed by atoms with Gasteiger partial charge in [0.15, 0.2) is 0 Å². The molecule has 13 heavy (non-hydrogen) atoms. The molecule has 0 amide bonds. The lowest BCUT2D eigenvalue weighted by molar-refractivity contribution is 0.0696. The van der Waals surface area contributed by atoms with E-state index in [1.807, 2.05) is 0 Å². The van der Waals surface area contributed by atoms with Gasteiger partial charge < -0.3 is 10.2 Å². The number of nitrogens with zero attached hydrogens (tertiary/aromatic N) is 1. The molecule has 2 N–H and O–H groups in total. The van der Waals surface area contributed by atoms with Crippen LogP contribution in [0.3, 0.4) is 0 Å². The van der Waals surface area contributed by atoms with Gasteiger partial charge in [0, 0.05) is 6.20 Å². The van der Waals surface area contributed by atoms with E-state index in [1.165, 1.54) is 18.3 Å². The summed E-state index contributed by atoms with van der Waals surface area (Å²) < 4.78 is 0. The van der Waals surface area contributed by atoms with E-state index in [1.54, 1.807) is 6.92 Å². The Kier molecular flexibility index (Phi) is 2.97. The highest BCUT2D eigenvalue weighted by Crippen LogP contribution is 2.14. The monoisotopic (exact) mass is 181 g/mol. The molecule has 1 aromatic rings. The summed E-state index contributed by atoms with van der Waals surface area (Å²) >= 11 is 0. The predicted molar refractivity (Wildman–Crippen MR) is 46.4 cm³/mol. The second-order valence-electron chi connectivity index (χ2n) is 2.70. The first-order valence-electron chi connectivity index (χ1n) is 4.02. The lowest BCUT2D eigenvalue weighted by Gasteiger charge is -2.06. The summed E-state index contributed by atoms with van der Waals surface area (Å²) in [5.74, 6) is -1.01. The molecule has 0 aliphatic heterocycles. The molecule has 0 saturated heterocycles. The van der Waals surface area contributed by atoms with E-state index < -0.39 is 12.1 Å². The van der Waals surface area contributed by atoms with Crippen LogP contribution < -0.4 is 0 Å². The van der Waals surface area contributed by atoms with Crippen LogP contribution in [0.25, 0.3) is 0 Å². The van der Waals surface area contributed by atoms with Crippen molar-refractivity contribution >= 4 is 5.97 Å². The highest BCUT2D eigenvalue weighted by molar-refractivity contribution is 5.87. The van der Waals surface area contributed by atoms with Crippen LogP contribution >= 0.6 is 0 Å². The van der Waals surface area contributed by atoms with Gasteiger partial charge >= 0.3 is 5.97 Å². The number of aliphatic hydroxyl groups excluding tert-OH is 1. The van der Waals surface area contributed by atoms with E-state index >= 15 is 0 Å². The molecule has 0 radical (unpaired) electrons. The minimum Gasteiger partial charge on any atom is -0.478 e. The number of carboxylic acid groups (broad SMARTS) is 1. The van der Waals surface area contributed by atoms with E-state index in [-0.39, 0.29) is 5.56 Å². The van der Waals surface area contributed by atoms with Gasteiger partial charge in [0.1, 0.15) is 0 Å². The van der Waals surface area contributed by atoms with Crippen LogP contribution in [0.1, 0.15) is 35.5 Å². The van der Waals surface area contributed by atoms with Gasteiger partial charge in [0.2, 0.25) is 0 Å². The lowest BCUT2D eigenvalue weighted by atomic mass is 10.1. The molecule has 1 aromatic heterocycles. The summed E-state index contributed by atoms with van der Waals surface area (Å²) in [6.45, 7) is 1.81. The Hall–Kier alpha value is -1.42. The van der Waals surface area contributed by atoms with E-state index in [9.17, 15) is 9.90 Å². The quantitative estimate of drug-likeness (QED) is 0.735. The number of carboxylic acids is 1. The summed E-state index contributed by atoms with van der Waals surface area (Å²) in [7, 11) is 0.